The summed E-state index contributed by atoms with van der Waals surface area (Å²) >= 11 is 5.75. The van der Waals surface area contributed by atoms with E-state index < -0.39 is 0 Å². The fourth-order valence-corrected chi connectivity index (χ4v) is 1.88. The second-order valence-corrected chi connectivity index (χ2v) is 5.29. The molecule has 2 rings (SSSR count). The molecule has 2 aromatic rings. The molecule has 124 valence electrons. The molecule has 1 aromatic carbocycles. The van der Waals surface area contributed by atoms with Crippen molar-refractivity contribution in [2.45, 2.75) is 13.8 Å². The van der Waals surface area contributed by atoms with E-state index in [1.165, 1.54) is 17.3 Å². The monoisotopic (exact) mass is 446 g/mol. The van der Waals surface area contributed by atoms with Crippen LogP contribution in [0.25, 0.3) is 0 Å². The maximum Gasteiger partial charge on any atom is 0.213 e. The van der Waals surface area contributed by atoms with Crippen molar-refractivity contribution in [2.24, 2.45) is 10.7 Å². The van der Waals surface area contributed by atoms with E-state index in [4.69, 9.17) is 22.1 Å². The van der Waals surface area contributed by atoms with Gasteiger partial charge >= 0.3 is 0 Å². The predicted molar refractivity (Wildman–Crippen MR) is 106 cm³/mol. The molecule has 0 aliphatic heterocycles. The van der Waals surface area contributed by atoms with Gasteiger partial charge < -0.3 is 15.8 Å². The van der Waals surface area contributed by atoms with Crippen molar-refractivity contribution in [1.82, 2.24) is 4.98 Å². The molecule has 1 aromatic heterocycles. The number of benzene rings is 1. The number of hydrogen-bond donors (Lipinski definition) is 2. The highest BCUT2D eigenvalue weighted by molar-refractivity contribution is 14.0. The molecule has 0 amide bonds. The van der Waals surface area contributed by atoms with Gasteiger partial charge in [-0.05, 0) is 43.2 Å². The standard InChI is InChI=1S/C16H19ClN4O.HI/c1-11-3-5-14(9-12(11)2)21-16(18)19-7-8-22-15-6-4-13(17)10-20-15;/h3-6,9-10H,7-8H2,1-2H3,(H3,18,19,21);1H. The number of pyridine rings is 1. The van der Waals surface area contributed by atoms with Crippen molar-refractivity contribution in [3.8, 4) is 5.88 Å². The number of halogens is 2. The number of nitrogens with two attached hydrogens (primary N) is 1. The molecule has 0 fully saturated rings. The van der Waals surface area contributed by atoms with Gasteiger partial charge in [0.25, 0.3) is 0 Å². The van der Waals surface area contributed by atoms with Crippen LogP contribution in [-0.4, -0.2) is 24.1 Å². The minimum absolute atomic E-state index is 0. The maximum absolute atomic E-state index is 5.84. The Balaban J connectivity index is 0.00000264. The number of nitrogens with zero attached hydrogens (tertiary/aromatic N) is 2. The summed E-state index contributed by atoms with van der Waals surface area (Å²) in [6, 6.07) is 9.48. The van der Waals surface area contributed by atoms with Gasteiger partial charge in [0, 0.05) is 18.0 Å². The summed E-state index contributed by atoms with van der Waals surface area (Å²) in [6.45, 7) is 4.96. The number of hydrogen-bond acceptors (Lipinski definition) is 3. The predicted octanol–water partition coefficient (Wildman–Crippen LogP) is 3.78. The van der Waals surface area contributed by atoms with Gasteiger partial charge in [-0.3, -0.25) is 0 Å². The van der Waals surface area contributed by atoms with Crippen LogP contribution in [-0.2, 0) is 0 Å². The molecule has 0 saturated carbocycles. The second-order valence-electron chi connectivity index (χ2n) is 4.85. The Bertz CT molecular complexity index is 662. The van der Waals surface area contributed by atoms with Gasteiger partial charge in [-0.15, -0.1) is 24.0 Å². The van der Waals surface area contributed by atoms with E-state index in [2.05, 4.69) is 29.1 Å². The molecule has 23 heavy (non-hydrogen) atoms. The smallest absolute Gasteiger partial charge is 0.213 e. The number of guanidine groups is 1. The van der Waals surface area contributed by atoms with Gasteiger partial charge in [0.15, 0.2) is 5.96 Å². The Morgan fingerprint density at radius 3 is 2.70 bits per heavy atom. The molecule has 0 radical (unpaired) electrons. The zero-order valence-corrected chi connectivity index (χ0v) is 16.1. The molecule has 1 heterocycles. The summed E-state index contributed by atoms with van der Waals surface area (Å²) in [5.74, 6) is 0.871. The SMILES string of the molecule is Cc1ccc(NC(N)=NCCOc2ccc(Cl)cn2)cc1C.I. The molecule has 0 aliphatic carbocycles. The first-order chi connectivity index (χ1) is 10.5. The normalized spacial score (nSPS) is 10.8. The lowest BCUT2D eigenvalue weighted by atomic mass is 10.1. The fourth-order valence-electron chi connectivity index (χ4n) is 1.77. The molecule has 0 spiro atoms. The van der Waals surface area contributed by atoms with Crippen LogP contribution < -0.4 is 15.8 Å². The number of aryl methyl sites for hydroxylation is 2. The van der Waals surface area contributed by atoms with Crippen LogP contribution in [0.1, 0.15) is 11.1 Å². The van der Waals surface area contributed by atoms with Gasteiger partial charge in [-0.1, -0.05) is 17.7 Å². The zero-order valence-electron chi connectivity index (χ0n) is 13.0. The molecule has 0 aliphatic rings. The number of nitrogens with one attached hydrogen (secondary N) is 1. The molecule has 0 unspecified atom stereocenters. The average molecular weight is 447 g/mol. The van der Waals surface area contributed by atoms with E-state index in [1.807, 2.05) is 18.2 Å². The van der Waals surface area contributed by atoms with Crippen LogP contribution in [0.5, 0.6) is 5.88 Å². The highest BCUT2D eigenvalue weighted by Crippen LogP contribution is 2.14. The summed E-state index contributed by atoms with van der Waals surface area (Å²) in [7, 11) is 0. The van der Waals surface area contributed by atoms with E-state index in [9.17, 15) is 0 Å². The van der Waals surface area contributed by atoms with Crippen LogP contribution in [0, 0.1) is 13.8 Å². The quantitative estimate of drug-likeness (QED) is 0.317. The summed E-state index contributed by atoms with van der Waals surface area (Å²) in [5, 5.41) is 3.63. The lowest BCUT2D eigenvalue weighted by Crippen LogP contribution is -2.23. The van der Waals surface area contributed by atoms with Gasteiger partial charge in [0.1, 0.15) is 6.61 Å². The van der Waals surface area contributed by atoms with Crippen LogP contribution in [0.2, 0.25) is 5.02 Å². The molecule has 0 saturated heterocycles. The van der Waals surface area contributed by atoms with Crippen molar-refractivity contribution in [3.63, 3.8) is 0 Å². The molecule has 0 atom stereocenters. The summed E-state index contributed by atoms with van der Waals surface area (Å²) < 4.78 is 5.44. The van der Waals surface area contributed by atoms with Crippen molar-refractivity contribution in [2.75, 3.05) is 18.5 Å². The molecular weight excluding hydrogens is 427 g/mol. The number of anilines is 1. The number of aliphatic imine (C=N–C) groups is 1. The third-order valence-corrected chi connectivity index (χ3v) is 3.33. The van der Waals surface area contributed by atoms with Crippen LogP contribution in [0.3, 0.4) is 0 Å². The molecule has 0 bridgehead atoms. The lowest BCUT2D eigenvalue weighted by molar-refractivity contribution is 0.316. The van der Waals surface area contributed by atoms with E-state index in [0.29, 0.717) is 30.0 Å². The Labute approximate surface area is 158 Å². The molecular formula is C16H20ClIN4O. The molecule has 5 nitrogen and oxygen atoms in total. The van der Waals surface area contributed by atoms with Crippen molar-refractivity contribution < 1.29 is 4.74 Å². The van der Waals surface area contributed by atoms with Crippen molar-refractivity contribution >= 4 is 47.2 Å². The largest absolute Gasteiger partial charge is 0.476 e. The van der Waals surface area contributed by atoms with Crippen LogP contribution in [0.4, 0.5) is 5.69 Å². The van der Waals surface area contributed by atoms with Gasteiger partial charge in [-0.2, -0.15) is 0 Å². The maximum atomic E-state index is 5.84. The highest BCUT2D eigenvalue weighted by atomic mass is 127. The summed E-state index contributed by atoms with van der Waals surface area (Å²) in [4.78, 5) is 8.24. The fraction of sp³-hybridized carbons (Fsp3) is 0.250. The van der Waals surface area contributed by atoms with Crippen LogP contribution >= 0.6 is 35.6 Å². The number of ether oxygens (including phenoxy) is 1. The first-order valence-electron chi connectivity index (χ1n) is 6.93. The third-order valence-electron chi connectivity index (χ3n) is 3.10. The Hall–Kier alpha value is -1.54. The number of rotatable bonds is 5. The second kappa shape index (κ2) is 9.57. The van der Waals surface area contributed by atoms with E-state index in [-0.39, 0.29) is 24.0 Å². The molecule has 7 heteroatoms. The van der Waals surface area contributed by atoms with E-state index in [0.717, 1.165) is 5.69 Å². The number of aromatic nitrogens is 1. The molecule has 3 N–H and O–H groups in total. The van der Waals surface area contributed by atoms with Crippen molar-refractivity contribution in [3.05, 3.63) is 52.7 Å². The first-order valence-corrected chi connectivity index (χ1v) is 7.31. The Morgan fingerprint density at radius 1 is 1.26 bits per heavy atom. The van der Waals surface area contributed by atoms with Gasteiger partial charge in [0.05, 0.1) is 11.6 Å². The lowest BCUT2D eigenvalue weighted by Gasteiger charge is -2.08. The van der Waals surface area contributed by atoms with Crippen LogP contribution in [0.15, 0.2) is 41.5 Å². The van der Waals surface area contributed by atoms with Crippen molar-refractivity contribution in [1.29, 1.82) is 0 Å². The minimum Gasteiger partial charge on any atom is -0.476 e. The van der Waals surface area contributed by atoms with Gasteiger partial charge in [0.2, 0.25) is 5.88 Å². The summed E-state index contributed by atoms with van der Waals surface area (Å²) in [6.07, 6.45) is 1.54. The highest BCUT2D eigenvalue weighted by Gasteiger charge is 1.98. The Morgan fingerprint density at radius 2 is 2.04 bits per heavy atom. The van der Waals surface area contributed by atoms with Gasteiger partial charge in [-0.25, -0.2) is 9.98 Å². The zero-order chi connectivity index (χ0) is 15.9. The first kappa shape index (κ1) is 19.5. The van der Waals surface area contributed by atoms with E-state index in [1.54, 1.807) is 12.1 Å². The summed E-state index contributed by atoms with van der Waals surface area (Å²) in [5.41, 5.74) is 9.21. The average Bonchev–Trinajstić information content (AvgIpc) is 2.49. The Kier molecular flexibility index (Phi) is 8.11. The topological polar surface area (TPSA) is 72.5 Å². The minimum atomic E-state index is 0. The van der Waals surface area contributed by atoms with E-state index >= 15 is 0 Å². The third kappa shape index (κ3) is 6.62.